The van der Waals surface area contributed by atoms with E-state index in [4.69, 9.17) is 4.98 Å². The Balaban J connectivity index is 2.12. The van der Waals surface area contributed by atoms with Crippen molar-refractivity contribution in [2.75, 3.05) is 0 Å². The SMILES string of the molecule is CC1(C)C/C(=N/O)c2cc3c(nc2C1)CCCC3. The van der Waals surface area contributed by atoms with Crippen LogP contribution in [-0.4, -0.2) is 15.9 Å². The second-order valence-corrected chi connectivity index (χ2v) is 6.36. The molecule has 0 spiro atoms. The summed E-state index contributed by atoms with van der Waals surface area (Å²) in [6.07, 6.45) is 6.55. The minimum absolute atomic E-state index is 0.143. The third-order valence-electron chi connectivity index (χ3n) is 4.10. The van der Waals surface area contributed by atoms with Gasteiger partial charge in [-0.2, -0.15) is 0 Å². The van der Waals surface area contributed by atoms with Crippen LogP contribution in [0.25, 0.3) is 0 Å². The van der Waals surface area contributed by atoms with Crippen molar-refractivity contribution in [1.29, 1.82) is 0 Å². The van der Waals surface area contributed by atoms with Gasteiger partial charge in [0.15, 0.2) is 0 Å². The highest BCUT2D eigenvalue weighted by Crippen LogP contribution is 2.36. The van der Waals surface area contributed by atoms with Gasteiger partial charge in [0.05, 0.1) is 11.4 Å². The Morgan fingerprint density at radius 1 is 1.17 bits per heavy atom. The monoisotopic (exact) mass is 244 g/mol. The van der Waals surface area contributed by atoms with E-state index in [1.54, 1.807) is 0 Å². The molecule has 0 aliphatic heterocycles. The molecule has 3 heteroatoms. The van der Waals surface area contributed by atoms with Gasteiger partial charge >= 0.3 is 0 Å². The zero-order chi connectivity index (χ0) is 12.8. The zero-order valence-electron chi connectivity index (χ0n) is 11.2. The third-order valence-corrected chi connectivity index (χ3v) is 4.10. The maximum absolute atomic E-state index is 9.23. The number of nitrogens with zero attached hydrogens (tertiary/aromatic N) is 2. The summed E-state index contributed by atoms with van der Waals surface area (Å²) in [6.45, 7) is 4.42. The van der Waals surface area contributed by atoms with Crippen LogP contribution in [0.2, 0.25) is 0 Å². The summed E-state index contributed by atoms with van der Waals surface area (Å²) in [7, 11) is 0. The van der Waals surface area contributed by atoms with Crippen LogP contribution in [0.5, 0.6) is 0 Å². The van der Waals surface area contributed by atoms with Gasteiger partial charge in [-0.3, -0.25) is 4.98 Å². The summed E-state index contributed by atoms with van der Waals surface area (Å²) in [5, 5.41) is 12.7. The van der Waals surface area contributed by atoms with Gasteiger partial charge in [0.1, 0.15) is 0 Å². The van der Waals surface area contributed by atoms with E-state index >= 15 is 0 Å². The molecule has 0 bridgehead atoms. The standard InChI is InChI=1S/C15H20N2O/c1-15(2)8-13-11(14(9-15)17-18)7-10-5-3-4-6-12(10)16-13/h7,18H,3-6,8-9H2,1-2H3/b17-14-. The Morgan fingerprint density at radius 2 is 1.94 bits per heavy atom. The molecule has 2 aliphatic carbocycles. The molecule has 18 heavy (non-hydrogen) atoms. The van der Waals surface area contributed by atoms with E-state index in [1.807, 2.05) is 0 Å². The van der Waals surface area contributed by atoms with Crippen molar-refractivity contribution in [1.82, 2.24) is 4.98 Å². The van der Waals surface area contributed by atoms with Gasteiger partial charge in [-0.05, 0) is 55.6 Å². The molecule has 0 saturated heterocycles. The lowest BCUT2D eigenvalue weighted by molar-refractivity contribution is 0.305. The molecule has 1 heterocycles. The molecule has 2 aliphatic rings. The van der Waals surface area contributed by atoms with E-state index in [-0.39, 0.29) is 5.41 Å². The Kier molecular flexibility index (Phi) is 2.65. The molecule has 0 fully saturated rings. The molecule has 0 saturated carbocycles. The van der Waals surface area contributed by atoms with Gasteiger partial charge in [0.2, 0.25) is 0 Å². The maximum atomic E-state index is 9.23. The number of hydrogen-bond acceptors (Lipinski definition) is 3. The third kappa shape index (κ3) is 1.92. The van der Waals surface area contributed by atoms with Gasteiger partial charge in [-0.25, -0.2) is 0 Å². The average molecular weight is 244 g/mol. The molecular weight excluding hydrogens is 224 g/mol. The number of pyridine rings is 1. The quantitative estimate of drug-likeness (QED) is 0.563. The second-order valence-electron chi connectivity index (χ2n) is 6.36. The minimum atomic E-state index is 0.143. The van der Waals surface area contributed by atoms with Gasteiger partial charge in [-0.15, -0.1) is 0 Å². The van der Waals surface area contributed by atoms with Crippen molar-refractivity contribution >= 4 is 5.71 Å². The highest BCUT2D eigenvalue weighted by atomic mass is 16.4. The van der Waals surface area contributed by atoms with Gasteiger partial charge in [0.25, 0.3) is 0 Å². The van der Waals surface area contributed by atoms with Gasteiger partial charge in [-0.1, -0.05) is 19.0 Å². The van der Waals surface area contributed by atoms with Crippen molar-refractivity contribution in [3.05, 3.63) is 28.6 Å². The molecule has 0 amide bonds. The van der Waals surface area contributed by atoms with Gasteiger partial charge < -0.3 is 5.21 Å². The fourth-order valence-corrected chi connectivity index (χ4v) is 3.21. The lowest BCUT2D eigenvalue weighted by Crippen LogP contribution is -2.29. The first kappa shape index (κ1) is 11.7. The Bertz CT molecular complexity index is 517. The predicted octanol–water partition coefficient (Wildman–Crippen LogP) is 3.11. The van der Waals surface area contributed by atoms with E-state index in [9.17, 15) is 5.21 Å². The minimum Gasteiger partial charge on any atom is -0.411 e. The first-order valence-corrected chi connectivity index (χ1v) is 6.82. The van der Waals surface area contributed by atoms with Crippen molar-refractivity contribution in [2.24, 2.45) is 10.6 Å². The van der Waals surface area contributed by atoms with Crippen LogP contribution in [0.3, 0.4) is 0 Å². The number of oxime groups is 1. The molecule has 3 nitrogen and oxygen atoms in total. The summed E-state index contributed by atoms with van der Waals surface area (Å²) < 4.78 is 0. The molecule has 1 aromatic heterocycles. The van der Waals surface area contributed by atoms with Crippen LogP contribution in [0.15, 0.2) is 11.2 Å². The van der Waals surface area contributed by atoms with Crippen molar-refractivity contribution in [3.8, 4) is 0 Å². The van der Waals surface area contributed by atoms with Crippen LogP contribution >= 0.6 is 0 Å². The molecule has 3 rings (SSSR count). The smallest absolute Gasteiger partial charge is 0.0891 e. The van der Waals surface area contributed by atoms with Crippen LogP contribution in [0.4, 0.5) is 0 Å². The lowest BCUT2D eigenvalue weighted by Gasteiger charge is -2.32. The summed E-state index contributed by atoms with van der Waals surface area (Å²) >= 11 is 0. The van der Waals surface area contributed by atoms with Crippen molar-refractivity contribution in [3.63, 3.8) is 0 Å². The summed E-state index contributed by atoms with van der Waals surface area (Å²) in [5.74, 6) is 0. The Hall–Kier alpha value is -1.38. The van der Waals surface area contributed by atoms with Crippen LogP contribution < -0.4 is 0 Å². The molecule has 0 unspecified atom stereocenters. The highest BCUT2D eigenvalue weighted by molar-refractivity contribution is 6.02. The maximum Gasteiger partial charge on any atom is 0.0891 e. The Morgan fingerprint density at radius 3 is 2.72 bits per heavy atom. The van der Waals surface area contributed by atoms with Crippen LogP contribution in [0.1, 0.15) is 55.6 Å². The second kappa shape index (κ2) is 4.08. The van der Waals surface area contributed by atoms with E-state index < -0.39 is 0 Å². The van der Waals surface area contributed by atoms with Crippen LogP contribution in [-0.2, 0) is 19.3 Å². The number of aromatic nitrogens is 1. The van der Waals surface area contributed by atoms with E-state index in [2.05, 4.69) is 25.1 Å². The fourth-order valence-electron chi connectivity index (χ4n) is 3.21. The molecule has 0 atom stereocenters. The van der Waals surface area contributed by atoms with Crippen molar-refractivity contribution in [2.45, 2.75) is 52.4 Å². The van der Waals surface area contributed by atoms with E-state index in [0.717, 1.165) is 42.7 Å². The first-order valence-electron chi connectivity index (χ1n) is 6.82. The van der Waals surface area contributed by atoms with Crippen molar-refractivity contribution < 1.29 is 5.21 Å². The molecule has 0 aromatic carbocycles. The number of fused-ring (bicyclic) bond motifs is 2. The normalized spacial score (nSPS) is 23.6. The topological polar surface area (TPSA) is 45.5 Å². The summed E-state index contributed by atoms with van der Waals surface area (Å²) in [5.41, 5.74) is 5.79. The number of hydrogen-bond donors (Lipinski definition) is 1. The average Bonchev–Trinajstić information content (AvgIpc) is 2.34. The summed E-state index contributed by atoms with van der Waals surface area (Å²) in [6, 6.07) is 2.22. The highest BCUT2D eigenvalue weighted by Gasteiger charge is 2.32. The molecular formula is C15H20N2O. The largest absolute Gasteiger partial charge is 0.411 e. The van der Waals surface area contributed by atoms with Crippen LogP contribution in [0, 0.1) is 5.41 Å². The van der Waals surface area contributed by atoms with E-state index in [1.165, 1.54) is 24.1 Å². The number of rotatable bonds is 0. The van der Waals surface area contributed by atoms with Gasteiger partial charge in [0, 0.05) is 11.3 Å². The molecule has 1 N–H and O–H groups in total. The molecule has 1 aromatic rings. The predicted molar refractivity (Wildman–Crippen MR) is 71.3 cm³/mol. The lowest BCUT2D eigenvalue weighted by atomic mass is 9.74. The molecule has 0 radical (unpaired) electrons. The Labute approximate surface area is 108 Å². The number of aryl methyl sites for hydroxylation is 2. The summed E-state index contributed by atoms with van der Waals surface area (Å²) in [4.78, 5) is 4.86. The molecule has 96 valence electrons. The fraction of sp³-hybridized carbons (Fsp3) is 0.600. The van der Waals surface area contributed by atoms with E-state index in [0.29, 0.717) is 0 Å². The first-order chi connectivity index (χ1) is 8.59. The zero-order valence-corrected chi connectivity index (χ0v) is 11.2.